The molecule has 1 aliphatic heterocycles. The minimum atomic E-state index is -1.22. The summed E-state index contributed by atoms with van der Waals surface area (Å²) in [6.07, 6.45) is 2.57. The van der Waals surface area contributed by atoms with Crippen molar-refractivity contribution < 1.29 is 9.90 Å². The van der Waals surface area contributed by atoms with Gasteiger partial charge in [-0.05, 0) is 6.04 Å². The lowest BCUT2D eigenvalue weighted by Gasteiger charge is -2.22. The van der Waals surface area contributed by atoms with Gasteiger partial charge >= 0.3 is 5.97 Å². The minimum Gasteiger partial charge on any atom is -0.480 e. The molecular formula is C8H17NO2Si. The van der Waals surface area contributed by atoms with Crippen LogP contribution in [0.5, 0.6) is 0 Å². The Labute approximate surface area is 74.0 Å². The summed E-state index contributed by atoms with van der Waals surface area (Å²) in [7, 11) is -1.22. The first-order chi connectivity index (χ1) is 5.53. The van der Waals surface area contributed by atoms with E-state index in [2.05, 4.69) is 6.55 Å². The summed E-state index contributed by atoms with van der Waals surface area (Å²) in [5.41, 5.74) is 5.52. The molecule has 0 saturated carbocycles. The largest absolute Gasteiger partial charge is 0.480 e. The second-order valence-electron chi connectivity index (χ2n) is 4.17. The van der Waals surface area contributed by atoms with Crippen LogP contribution in [0, 0.1) is 0 Å². The van der Waals surface area contributed by atoms with Crippen LogP contribution in [-0.4, -0.2) is 25.2 Å². The molecule has 1 atom stereocenters. The van der Waals surface area contributed by atoms with E-state index in [4.69, 9.17) is 10.8 Å². The molecule has 0 bridgehead atoms. The molecular weight excluding hydrogens is 170 g/mol. The normalized spacial score (nSPS) is 23.8. The number of carboxylic acids is 1. The molecule has 0 aromatic carbocycles. The van der Waals surface area contributed by atoms with Gasteiger partial charge in [-0.25, -0.2) is 0 Å². The van der Waals surface area contributed by atoms with E-state index in [1.165, 1.54) is 24.9 Å². The zero-order chi connectivity index (χ0) is 9.19. The van der Waals surface area contributed by atoms with Crippen molar-refractivity contribution in [2.45, 2.75) is 43.6 Å². The molecule has 1 saturated heterocycles. The van der Waals surface area contributed by atoms with Gasteiger partial charge in [-0.15, -0.1) is 0 Å². The molecule has 1 fully saturated rings. The summed E-state index contributed by atoms with van der Waals surface area (Å²) in [5, 5.41) is 8.65. The Kier molecular flexibility index (Phi) is 2.90. The third-order valence-corrected chi connectivity index (χ3v) is 7.39. The van der Waals surface area contributed by atoms with Gasteiger partial charge in [0.05, 0.1) is 8.07 Å². The number of nitrogens with two attached hydrogens (primary N) is 1. The van der Waals surface area contributed by atoms with Gasteiger partial charge in [0.1, 0.15) is 6.04 Å². The van der Waals surface area contributed by atoms with Gasteiger partial charge in [-0.3, -0.25) is 4.79 Å². The molecule has 0 spiro atoms. The van der Waals surface area contributed by atoms with Gasteiger partial charge in [-0.2, -0.15) is 0 Å². The average Bonchev–Trinajstić information content (AvgIpc) is 2.35. The fourth-order valence-corrected chi connectivity index (χ4v) is 6.15. The predicted octanol–water partition coefficient (Wildman–Crippen LogP) is 1.27. The Morgan fingerprint density at radius 1 is 1.58 bits per heavy atom. The lowest BCUT2D eigenvalue weighted by atomic mass is 10.4. The summed E-state index contributed by atoms with van der Waals surface area (Å²) >= 11 is 0. The van der Waals surface area contributed by atoms with Crippen molar-refractivity contribution in [3.05, 3.63) is 0 Å². The molecule has 0 radical (unpaired) electrons. The molecule has 3 N–H and O–H groups in total. The van der Waals surface area contributed by atoms with Gasteiger partial charge in [0.25, 0.3) is 0 Å². The molecule has 0 aromatic rings. The molecule has 12 heavy (non-hydrogen) atoms. The van der Waals surface area contributed by atoms with Crippen LogP contribution < -0.4 is 5.73 Å². The van der Waals surface area contributed by atoms with Gasteiger partial charge in [-0.1, -0.05) is 31.5 Å². The van der Waals surface area contributed by atoms with Gasteiger partial charge < -0.3 is 10.8 Å². The van der Waals surface area contributed by atoms with Crippen LogP contribution in [0.3, 0.4) is 0 Å². The SMILES string of the molecule is C[Si]1(C[C@H](N)C(=O)O)CCCC1. The Balaban J connectivity index is 2.43. The summed E-state index contributed by atoms with van der Waals surface area (Å²) < 4.78 is 0. The molecule has 1 heterocycles. The van der Waals surface area contributed by atoms with Crippen molar-refractivity contribution in [2.75, 3.05) is 0 Å². The summed E-state index contributed by atoms with van der Waals surface area (Å²) in [6, 6.07) is 2.70. The smallest absolute Gasteiger partial charge is 0.320 e. The zero-order valence-corrected chi connectivity index (χ0v) is 8.55. The highest BCUT2D eigenvalue weighted by Gasteiger charge is 2.34. The van der Waals surface area contributed by atoms with Crippen LogP contribution in [0.25, 0.3) is 0 Å². The third-order valence-electron chi connectivity index (χ3n) is 2.84. The molecule has 0 unspecified atom stereocenters. The Bertz CT molecular complexity index is 178. The maximum atomic E-state index is 10.5. The third kappa shape index (κ3) is 2.32. The number of carbonyl (C=O) groups is 1. The van der Waals surface area contributed by atoms with Crippen molar-refractivity contribution in [3.8, 4) is 0 Å². The van der Waals surface area contributed by atoms with E-state index >= 15 is 0 Å². The van der Waals surface area contributed by atoms with Crippen molar-refractivity contribution in [1.29, 1.82) is 0 Å². The second-order valence-corrected chi connectivity index (χ2v) is 9.20. The number of carboxylic acid groups (broad SMARTS) is 1. The Morgan fingerprint density at radius 2 is 2.08 bits per heavy atom. The van der Waals surface area contributed by atoms with Crippen molar-refractivity contribution in [2.24, 2.45) is 5.73 Å². The van der Waals surface area contributed by atoms with Crippen LogP contribution in [-0.2, 0) is 4.79 Å². The van der Waals surface area contributed by atoms with Crippen molar-refractivity contribution >= 4 is 14.0 Å². The quantitative estimate of drug-likeness (QED) is 0.654. The molecule has 70 valence electrons. The molecule has 0 amide bonds. The Morgan fingerprint density at radius 3 is 2.50 bits per heavy atom. The second kappa shape index (κ2) is 3.58. The van der Waals surface area contributed by atoms with Crippen LogP contribution in [0.4, 0.5) is 0 Å². The molecule has 4 heteroatoms. The monoisotopic (exact) mass is 187 g/mol. The fourth-order valence-electron chi connectivity index (χ4n) is 2.05. The maximum Gasteiger partial charge on any atom is 0.320 e. The first-order valence-electron chi connectivity index (χ1n) is 4.52. The van der Waals surface area contributed by atoms with E-state index in [1.807, 2.05) is 0 Å². The van der Waals surface area contributed by atoms with Gasteiger partial charge in [0, 0.05) is 0 Å². The van der Waals surface area contributed by atoms with Crippen molar-refractivity contribution in [1.82, 2.24) is 0 Å². The van der Waals surface area contributed by atoms with Crippen LogP contribution in [0.1, 0.15) is 12.8 Å². The minimum absolute atomic E-state index is 0.611. The highest BCUT2D eigenvalue weighted by atomic mass is 28.3. The number of aliphatic carboxylic acids is 1. The molecule has 0 aromatic heterocycles. The summed E-state index contributed by atoms with van der Waals surface area (Å²) in [5.74, 6) is -0.837. The lowest BCUT2D eigenvalue weighted by molar-refractivity contribution is -0.138. The van der Waals surface area contributed by atoms with E-state index in [9.17, 15) is 4.79 Å². The van der Waals surface area contributed by atoms with E-state index in [0.717, 1.165) is 6.04 Å². The van der Waals surface area contributed by atoms with Crippen LogP contribution >= 0.6 is 0 Å². The van der Waals surface area contributed by atoms with Crippen molar-refractivity contribution in [3.63, 3.8) is 0 Å². The number of hydrogen-bond donors (Lipinski definition) is 2. The first kappa shape index (κ1) is 9.73. The van der Waals surface area contributed by atoms with Crippen LogP contribution in [0.2, 0.25) is 24.7 Å². The topological polar surface area (TPSA) is 63.3 Å². The van der Waals surface area contributed by atoms with Gasteiger partial charge in [0.2, 0.25) is 0 Å². The van der Waals surface area contributed by atoms with E-state index in [1.54, 1.807) is 0 Å². The molecule has 1 aliphatic rings. The zero-order valence-electron chi connectivity index (χ0n) is 7.55. The maximum absolute atomic E-state index is 10.5. The molecule has 0 aliphatic carbocycles. The number of hydrogen-bond acceptors (Lipinski definition) is 2. The van der Waals surface area contributed by atoms with Crippen LogP contribution in [0.15, 0.2) is 0 Å². The Hall–Kier alpha value is -0.353. The number of rotatable bonds is 3. The standard InChI is InChI=1S/C8H17NO2Si/c1-12(4-2-3-5-12)6-7(9)8(10)11/h7H,2-6,9H2,1H3,(H,10,11)/t7-/m0/s1. The highest BCUT2D eigenvalue weighted by molar-refractivity contribution is 6.79. The fraction of sp³-hybridized carbons (Fsp3) is 0.875. The highest BCUT2D eigenvalue weighted by Crippen LogP contribution is 2.33. The van der Waals surface area contributed by atoms with E-state index in [0.29, 0.717) is 0 Å². The predicted molar refractivity (Wildman–Crippen MR) is 50.9 cm³/mol. The lowest BCUT2D eigenvalue weighted by Crippen LogP contribution is -2.39. The molecule has 3 nitrogen and oxygen atoms in total. The first-order valence-corrected chi connectivity index (χ1v) is 7.64. The summed E-state index contributed by atoms with van der Waals surface area (Å²) in [4.78, 5) is 10.5. The van der Waals surface area contributed by atoms with Gasteiger partial charge in [0.15, 0.2) is 0 Å². The average molecular weight is 187 g/mol. The summed E-state index contributed by atoms with van der Waals surface area (Å²) in [6.45, 7) is 2.28. The van der Waals surface area contributed by atoms with E-state index < -0.39 is 20.1 Å². The van der Waals surface area contributed by atoms with E-state index in [-0.39, 0.29) is 0 Å². The molecule has 1 rings (SSSR count).